The van der Waals surface area contributed by atoms with Crippen LogP contribution in [0.3, 0.4) is 0 Å². The lowest BCUT2D eigenvalue weighted by Gasteiger charge is -2.42. The molecule has 90 valence electrons. The molecule has 0 amide bonds. The summed E-state index contributed by atoms with van der Waals surface area (Å²) in [4.78, 5) is 2.41. The van der Waals surface area contributed by atoms with Crippen LogP contribution in [-0.4, -0.2) is 12.6 Å². The van der Waals surface area contributed by atoms with Gasteiger partial charge in [-0.05, 0) is 45.2 Å². The summed E-state index contributed by atoms with van der Waals surface area (Å²) in [6.07, 6.45) is 2.47. The minimum atomic E-state index is 0.308. The van der Waals surface area contributed by atoms with Gasteiger partial charge in [0.2, 0.25) is 0 Å². The molecule has 0 saturated heterocycles. The van der Waals surface area contributed by atoms with Crippen LogP contribution in [0, 0.1) is 6.92 Å². The maximum atomic E-state index is 2.41. The molecule has 1 nitrogen and oxygen atoms in total. The van der Waals surface area contributed by atoms with Gasteiger partial charge in [0.05, 0.1) is 0 Å². The van der Waals surface area contributed by atoms with Crippen molar-refractivity contribution in [3.63, 3.8) is 0 Å². The smallest absolute Gasteiger partial charge is 0.0400 e. The number of hydrogen-bond acceptors (Lipinski definition) is 1. The first-order valence-electron chi connectivity index (χ1n) is 6.34. The van der Waals surface area contributed by atoms with Gasteiger partial charge in [-0.1, -0.05) is 31.5 Å². The van der Waals surface area contributed by atoms with Gasteiger partial charge in [0.1, 0.15) is 0 Å². The van der Waals surface area contributed by atoms with Crippen molar-refractivity contribution in [3.8, 4) is 0 Å². The number of anilines is 1. The van der Waals surface area contributed by atoms with Gasteiger partial charge in [-0.2, -0.15) is 0 Å². The number of benzene rings is 1. The predicted molar refractivity (Wildman–Crippen MR) is 73.3 cm³/mol. The third-order valence-electron chi connectivity index (χ3n) is 3.51. The van der Waals surface area contributed by atoms with E-state index in [9.17, 15) is 0 Å². The molecule has 1 heteroatoms. The van der Waals surface area contributed by atoms with E-state index in [0.717, 1.165) is 0 Å². The molecular weight excluding hydrogens is 194 g/mol. The van der Waals surface area contributed by atoms with E-state index in [-0.39, 0.29) is 0 Å². The molecule has 0 fully saturated rings. The van der Waals surface area contributed by atoms with Crippen LogP contribution in [-0.2, 0) is 6.42 Å². The van der Waals surface area contributed by atoms with Crippen LogP contribution >= 0.6 is 0 Å². The molecule has 0 N–H and O–H groups in total. The van der Waals surface area contributed by atoms with E-state index in [1.165, 1.54) is 29.7 Å². The van der Waals surface area contributed by atoms with Gasteiger partial charge < -0.3 is 4.90 Å². The fourth-order valence-corrected chi connectivity index (χ4v) is 2.18. The van der Waals surface area contributed by atoms with Gasteiger partial charge in [0, 0.05) is 18.3 Å². The lowest BCUT2D eigenvalue weighted by molar-refractivity contribution is 0.431. The summed E-state index contributed by atoms with van der Waals surface area (Å²) in [7, 11) is 2.20. The maximum absolute atomic E-state index is 2.41. The van der Waals surface area contributed by atoms with E-state index in [1.807, 2.05) is 13.8 Å². The SMILES string of the molecule is CC.Cc1ccc2c(c1)CCC(C)(C)N2C. The fourth-order valence-electron chi connectivity index (χ4n) is 2.18. The van der Waals surface area contributed by atoms with Gasteiger partial charge >= 0.3 is 0 Å². The first kappa shape index (κ1) is 13.1. The highest BCUT2D eigenvalue weighted by atomic mass is 15.2. The van der Waals surface area contributed by atoms with E-state index in [0.29, 0.717) is 5.54 Å². The first-order valence-corrected chi connectivity index (χ1v) is 6.34. The quantitative estimate of drug-likeness (QED) is 0.632. The number of fused-ring (bicyclic) bond motifs is 1. The Morgan fingerprint density at radius 1 is 1.19 bits per heavy atom. The number of rotatable bonds is 0. The molecule has 0 atom stereocenters. The average Bonchev–Trinajstić information content (AvgIpc) is 2.27. The van der Waals surface area contributed by atoms with Crippen molar-refractivity contribution in [1.82, 2.24) is 0 Å². The van der Waals surface area contributed by atoms with Crippen LogP contribution in [0.5, 0.6) is 0 Å². The van der Waals surface area contributed by atoms with Crippen molar-refractivity contribution in [1.29, 1.82) is 0 Å². The van der Waals surface area contributed by atoms with Crippen molar-refractivity contribution in [2.45, 2.75) is 53.0 Å². The lowest BCUT2D eigenvalue weighted by Crippen LogP contribution is -2.44. The molecule has 1 aromatic rings. The van der Waals surface area contributed by atoms with Crippen LogP contribution in [0.4, 0.5) is 5.69 Å². The Hall–Kier alpha value is -0.980. The molecule has 0 bridgehead atoms. The molecule has 0 aliphatic carbocycles. The molecule has 1 aliphatic rings. The summed E-state index contributed by atoms with van der Waals surface area (Å²) in [5.41, 5.74) is 4.60. The Bertz CT molecular complexity index is 352. The molecule has 16 heavy (non-hydrogen) atoms. The van der Waals surface area contributed by atoms with Crippen LogP contribution in [0.1, 0.15) is 45.2 Å². The second-order valence-corrected chi connectivity index (χ2v) is 5.00. The highest BCUT2D eigenvalue weighted by Crippen LogP contribution is 2.35. The minimum Gasteiger partial charge on any atom is -0.369 e. The number of hydrogen-bond donors (Lipinski definition) is 0. The molecule has 1 heterocycles. The van der Waals surface area contributed by atoms with Crippen LogP contribution < -0.4 is 4.90 Å². The van der Waals surface area contributed by atoms with Crippen LogP contribution in [0.25, 0.3) is 0 Å². The van der Waals surface area contributed by atoms with Gasteiger partial charge in [0.25, 0.3) is 0 Å². The zero-order chi connectivity index (χ0) is 12.3. The van der Waals surface area contributed by atoms with Gasteiger partial charge in [-0.15, -0.1) is 0 Å². The van der Waals surface area contributed by atoms with E-state index >= 15 is 0 Å². The van der Waals surface area contributed by atoms with Crippen LogP contribution in [0.2, 0.25) is 0 Å². The van der Waals surface area contributed by atoms with Gasteiger partial charge in [0.15, 0.2) is 0 Å². The van der Waals surface area contributed by atoms with Crippen molar-refractivity contribution >= 4 is 5.69 Å². The van der Waals surface area contributed by atoms with E-state index in [2.05, 4.69) is 50.9 Å². The summed E-state index contributed by atoms with van der Waals surface area (Å²) in [6.45, 7) is 10.8. The highest BCUT2D eigenvalue weighted by molar-refractivity contribution is 5.58. The van der Waals surface area contributed by atoms with Crippen molar-refractivity contribution in [3.05, 3.63) is 29.3 Å². The largest absolute Gasteiger partial charge is 0.369 e. The summed E-state index contributed by atoms with van der Waals surface area (Å²) >= 11 is 0. The van der Waals surface area contributed by atoms with E-state index in [1.54, 1.807) is 0 Å². The predicted octanol–water partition coefficient (Wildman–Crippen LogP) is 4.18. The Morgan fingerprint density at radius 3 is 2.44 bits per heavy atom. The molecule has 1 aromatic carbocycles. The maximum Gasteiger partial charge on any atom is 0.0400 e. The number of aryl methyl sites for hydroxylation is 2. The Morgan fingerprint density at radius 2 is 1.81 bits per heavy atom. The third-order valence-corrected chi connectivity index (χ3v) is 3.51. The normalized spacial score (nSPS) is 17.2. The standard InChI is InChI=1S/C13H19N.C2H6/c1-10-5-6-12-11(9-10)7-8-13(2,3)14(12)4;1-2/h5-6,9H,7-8H2,1-4H3;1-2H3. The van der Waals surface area contributed by atoms with E-state index in [4.69, 9.17) is 0 Å². The lowest BCUT2D eigenvalue weighted by atomic mass is 9.87. The monoisotopic (exact) mass is 219 g/mol. The van der Waals surface area contributed by atoms with E-state index < -0.39 is 0 Å². The fraction of sp³-hybridized carbons (Fsp3) is 0.600. The summed E-state index contributed by atoms with van der Waals surface area (Å²) < 4.78 is 0. The van der Waals surface area contributed by atoms with Crippen molar-refractivity contribution in [2.24, 2.45) is 0 Å². The molecular formula is C15H25N. The summed E-state index contributed by atoms with van der Waals surface area (Å²) in [5.74, 6) is 0. The third kappa shape index (κ3) is 2.40. The minimum absolute atomic E-state index is 0.308. The van der Waals surface area contributed by atoms with Gasteiger partial charge in [-0.25, -0.2) is 0 Å². The molecule has 0 aromatic heterocycles. The zero-order valence-electron chi connectivity index (χ0n) is 11.6. The molecule has 2 rings (SSSR count). The second-order valence-electron chi connectivity index (χ2n) is 5.00. The van der Waals surface area contributed by atoms with Crippen molar-refractivity contribution in [2.75, 3.05) is 11.9 Å². The molecule has 0 spiro atoms. The topological polar surface area (TPSA) is 3.24 Å². The Balaban J connectivity index is 0.000000606. The highest BCUT2D eigenvalue weighted by Gasteiger charge is 2.29. The molecule has 0 saturated carbocycles. The first-order chi connectivity index (χ1) is 7.50. The Labute approximate surface area is 100 Å². The molecule has 1 aliphatic heterocycles. The zero-order valence-corrected chi connectivity index (χ0v) is 11.6. The summed E-state index contributed by atoms with van der Waals surface area (Å²) in [5, 5.41) is 0. The number of nitrogens with zero attached hydrogens (tertiary/aromatic N) is 1. The molecule has 0 unspecified atom stereocenters. The Kier molecular flexibility index (Phi) is 4.01. The average molecular weight is 219 g/mol. The van der Waals surface area contributed by atoms with Crippen molar-refractivity contribution < 1.29 is 0 Å². The second kappa shape index (κ2) is 4.90. The molecule has 0 radical (unpaired) electrons. The van der Waals surface area contributed by atoms with Gasteiger partial charge in [-0.3, -0.25) is 0 Å². The summed E-state index contributed by atoms with van der Waals surface area (Å²) in [6, 6.07) is 6.78. The van der Waals surface area contributed by atoms with Crippen LogP contribution in [0.15, 0.2) is 18.2 Å².